The van der Waals surface area contributed by atoms with Crippen molar-refractivity contribution in [3.8, 4) is 0 Å². The molecular weight excluding hydrogens is 267 g/mol. The lowest BCUT2D eigenvalue weighted by Gasteiger charge is -2.07. The Morgan fingerprint density at radius 3 is 2.86 bits per heavy atom. The molecule has 0 heterocycles. The van der Waals surface area contributed by atoms with Gasteiger partial charge in [-0.1, -0.05) is 39.7 Å². The van der Waals surface area contributed by atoms with Crippen LogP contribution in [0.4, 0.5) is 0 Å². The molecule has 4 heteroatoms. The van der Waals surface area contributed by atoms with E-state index in [1.54, 1.807) is 13.0 Å². The highest BCUT2D eigenvalue weighted by atomic mass is 79.9. The molecule has 0 aliphatic carbocycles. The van der Waals surface area contributed by atoms with Gasteiger partial charge < -0.3 is 4.74 Å². The zero-order valence-corrected chi connectivity index (χ0v) is 10.1. The Kier molecular flexibility index (Phi) is 4.42. The van der Waals surface area contributed by atoms with Crippen molar-refractivity contribution in [3.05, 3.63) is 34.3 Å². The fourth-order valence-electron chi connectivity index (χ4n) is 1.11. The number of hydrogen-bond donors (Lipinski definition) is 0. The molecule has 0 aromatic heterocycles. The molecule has 0 saturated heterocycles. The summed E-state index contributed by atoms with van der Waals surface area (Å²) in [6, 6.07) is 5.33. The lowest BCUT2D eigenvalue weighted by atomic mass is 10.1. The first-order valence-electron chi connectivity index (χ1n) is 4.21. The number of hydrogen-bond acceptors (Lipinski definition) is 2. The van der Waals surface area contributed by atoms with Gasteiger partial charge in [-0.2, -0.15) is 0 Å². The Hall–Kier alpha value is -0.540. The third-order valence-corrected chi connectivity index (χ3v) is 2.64. The minimum absolute atomic E-state index is 0.353. The van der Waals surface area contributed by atoms with E-state index in [0.717, 1.165) is 5.56 Å². The van der Waals surface area contributed by atoms with Gasteiger partial charge in [-0.05, 0) is 18.6 Å². The Balaban J connectivity index is 3.10. The number of benzene rings is 1. The van der Waals surface area contributed by atoms with Gasteiger partial charge in [0, 0.05) is 5.33 Å². The molecular formula is C10H10BrClO2. The van der Waals surface area contributed by atoms with Crippen LogP contribution in [0.3, 0.4) is 0 Å². The van der Waals surface area contributed by atoms with E-state index < -0.39 is 0 Å². The highest BCUT2D eigenvalue weighted by Gasteiger charge is 2.15. The third kappa shape index (κ3) is 2.49. The fourth-order valence-corrected chi connectivity index (χ4v) is 1.85. The molecule has 2 nitrogen and oxygen atoms in total. The molecule has 0 saturated carbocycles. The standard InChI is InChI=1S/C10H10BrClO2/c1-2-14-10(13)9-7(6-11)4-3-5-8(9)12/h3-5H,2,6H2,1H3. The van der Waals surface area contributed by atoms with Gasteiger partial charge in [-0.15, -0.1) is 0 Å². The summed E-state index contributed by atoms with van der Waals surface area (Å²) in [5.74, 6) is -0.368. The van der Waals surface area contributed by atoms with E-state index >= 15 is 0 Å². The third-order valence-electron chi connectivity index (χ3n) is 1.72. The van der Waals surface area contributed by atoms with Crippen LogP contribution in [0.25, 0.3) is 0 Å². The van der Waals surface area contributed by atoms with Gasteiger partial charge in [0.2, 0.25) is 0 Å². The molecule has 0 aliphatic heterocycles. The summed E-state index contributed by atoms with van der Waals surface area (Å²) >= 11 is 9.21. The topological polar surface area (TPSA) is 26.3 Å². The second-order valence-corrected chi connectivity index (χ2v) is 3.60. The van der Waals surface area contributed by atoms with Crippen molar-refractivity contribution >= 4 is 33.5 Å². The molecule has 14 heavy (non-hydrogen) atoms. The van der Waals surface area contributed by atoms with Crippen molar-refractivity contribution in [3.63, 3.8) is 0 Å². The van der Waals surface area contributed by atoms with Crippen LogP contribution < -0.4 is 0 Å². The average molecular weight is 278 g/mol. The maximum absolute atomic E-state index is 11.5. The number of carbonyl (C=O) groups excluding carboxylic acids is 1. The van der Waals surface area contributed by atoms with Crippen LogP contribution in [0.5, 0.6) is 0 Å². The maximum Gasteiger partial charge on any atom is 0.339 e. The maximum atomic E-state index is 11.5. The molecule has 0 radical (unpaired) electrons. The van der Waals surface area contributed by atoms with E-state index in [1.807, 2.05) is 12.1 Å². The minimum atomic E-state index is -0.368. The second-order valence-electron chi connectivity index (χ2n) is 2.63. The highest BCUT2D eigenvalue weighted by Crippen LogP contribution is 2.22. The number of alkyl halides is 1. The van der Waals surface area contributed by atoms with E-state index in [0.29, 0.717) is 22.5 Å². The van der Waals surface area contributed by atoms with Crippen LogP contribution in [0, 0.1) is 0 Å². The Bertz CT molecular complexity index is 339. The van der Waals surface area contributed by atoms with E-state index in [1.165, 1.54) is 0 Å². The Morgan fingerprint density at radius 2 is 2.29 bits per heavy atom. The molecule has 1 aromatic carbocycles. The summed E-state index contributed by atoms with van der Waals surface area (Å²) < 4.78 is 4.91. The molecule has 0 atom stereocenters. The van der Waals surface area contributed by atoms with Crippen LogP contribution in [0.1, 0.15) is 22.8 Å². The smallest absolute Gasteiger partial charge is 0.339 e. The Morgan fingerprint density at radius 1 is 1.57 bits per heavy atom. The van der Waals surface area contributed by atoms with Crippen molar-refractivity contribution < 1.29 is 9.53 Å². The fraction of sp³-hybridized carbons (Fsp3) is 0.300. The van der Waals surface area contributed by atoms with Crippen molar-refractivity contribution in [2.24, 2.45) is 0 Å². The van der Waals surface area contributed by atoms with Gasteiger partial charge in [-0.25, -0.2) is 4.79 Å². The molecule has 1 rings (SSSR count). The van der Waals surface area contributed by atoms with Gasteiger partial charge in [0.25, 0.3) is 0 Å². The summed E-state index contributed by atoms with van der Waals surface area (Å²) in [5.41, 5.74) is 1.30. The van der Waals surface area contributed by atoms with Gasteiger partial charge in [0.05, 0.1) is 17.2 Å². The summed E-state index contributed by atoms with van der Waals surface area (Å²) in [7, 11) is 0. The van der Waals surface area contributed by atoms with Crippen molar-refractivity contribution in [2.45, 2.75) is 12.3 Å². The number of halogens is 2. The molecule has 0 fully saturated rings. The molecule has 1 aromatic rings. The monoisotopic (exact) mass is 276 g/mol. The Labute approximate surface area is 96.3 Å². The summed E-state index contributed by atoms with van der Waals surface area (Å²) in [5, 5.41) is 1.02. The molecule has 0 bridgehead atoms. The first-order valence-corrected chi connectivity index (χ1v) is 5.71. The molecule has 0 spiro atoms. The van der Waals surface area contributed by atoms with Crippen LogP contribution in [-0.2, 0) is 10.1 Å². The predicted octanol–water partition coefficient (Wildman–Crippen LogP) is 3.41. The number of esters is 1. The van der Waals surface area contributed by atoms with Crippen molar-refractivity contribution in [1.29, 1.82) is 0 Å². The first kappa shape index (κ1) is 11.5. The largest absolute Gasteiger partial charge is 0.462 e. The molecule has 0 N–H and O–H groups in total. The molecule has 76 valence electrons. The van der Waals surface area contributed by atoms with Crippen LogP contribution in [-0.4, -0.2) is 12.6 Å². The predicted molar refractivity (Wildman–Crippen MR) is 60.0 cm³/mol. The van der Waals surface area contributed by atoms with Crippen LogP contribution >= 0.6 is 27.5 Å². The number of carbonyl (C=O) groups is 1. The second kappa shape index (κ2) is 5.37. The summed E-state index contributed by atoms with van der Waals surface area (Å²) in [6.45, 7) is 2.12. The lowest BCUT2D eigenvalue weighted by molar-refractivity contribution is 0.0525. The van der Waals surface area contributed by atoms with Gasteiger partial charge >= 0.3 is 5.97 Å². The number of rotatable bonds is 3. The normalized spacial score (nSPS) is 9.93. The minimum Gasteiger partial charge on any atom is -0.462 e. The number of ether oxygens (including phenoxy) is 1. The van der Waals surface area contributed by atoms with E-state index in [9.17, 15) is 4.79 Å². The van der Waals surface area contributed by atoms with Crippen molar-refractivity contribution in [1.82, 2.24) is 0 Å². The average Bonchev–Trinajstić information content (AvgIpc) is 2.17. The zero-order valence-electron chi connectivity index (χ0n) is 7.72. The summed E-state index contributed by atoms with van der Waals surface area (Å²) in [4.78, 5) is 11.5. The highest BCUT2D eigenvalue weighted by molar-refractivity contribution is 9.08. The first-order chi connectivity index (χ1) is 6.70. The molecule has 0 aliphatic rings. The lowest BCUT2D eigenvalue weighted by Crippen LogP contribution is -2.08. The van der Waals surface area contributed by atoms with Gasteiger partial charge in [0.15, 0.2) is 0 Å². The van der Waals surface area contributed by atoms with Crippen LogP contribution in [0.15, 0.2) is 18.2 Å². The van der Waals surface area contributed by atoms with Crippen molar-refractivity contribution in [2.75, 3.05) is 6.61 Å². The van der Waals surface area contributed by atoms with E-state index in [4.69, 9.17) is 16.3 Å². The molecule has 0 unspecified atom stereocenters. The van der Waals surface area contributed by atoms with Gasteiger partial charge in [0.1, 0.15) is 0 Å². The van der Waals surface area contributed by atoms with Crippen LogP contribution in [0.2, 0.25) is 5.02 Å². The van der Waals surface area contributed by atoms with E-state index in [-0.39, 0.29) is 5.97 Å². The SMILES string of the molecule is CCOC(=O)c1c(Cl)cccc1CBr. The summed E-state index contributed by atoms with van der Waals surface area (Å²) in [6.07, 6.45) is 0. The van der Waals surface area contributed by atoms with E-state index in [2.05, 4.69) is 15.9 Å². The molecule has 0 amide bonds. The quantitative estimate of drug-likeness (QED) is 0.625. The van der Waals surface area contributed by atoms with Gasteiger partial charge in [-0.3, -0.25) is 0 Å². The zero-order chi connectivity index (χ0) is 10.6.